The summed E-state index contributed by atoms with van der Waals surface area (Å²) in [5.41, 5.74) is 1.08. The van der Waals surface area contributed by atoms with Gasteiger partial charge in [-0.1, -0.05) is 6.07 Å². The van der Waals surface area contributed by atoms with Crippen LogP contribution in [0.3, 0.4) is 0 Å². The van der Waals surface area contributed by atoms with Crippen LogP contribution in [0.2, 0.25) is 0 Å². The molecule has 0 aliphatic carbocycles. The first-order chi connectivity index (χ1) is 8.79. The second-order valence-corrected chi connectivity index (χ2v) is 8.18. The molecule has 1 rings (SSSR count). The van der Waals surface area contributed by atoms with Crippen LogP contribution in [-0.4, -0.2) is 22.7 Å². The van der Waals surface area contributed by atoms with E-state index < -0.39 is 11.4 Å². The molecule has 1 N–H and O–H groups in total. The maximum Gasteiger partial charge on any atom is 0.136 e. The fourth-order valence-corrected chi connectivity index (χ4v) is 2.89. The highest BCUT2D eigenvalue weighted by Gasteiger charge is 2.28. The van der Waals surface area contributed by atoms with Gasteiger partial charge in [-0.05, 0) is 51.6 Å². The molecule has 0 fully saturated rings. The molecule has 3 nitrogen and oxygen atoms in total. The number of rotatable bonds is 5. The summed E-state index contributed by atoms with van der Waals surface area (Å²) >= 11 is 0.574. The van der Waals surface area contributed by atoms with Crippen molar-refractivity contribution < 1.29 is 9.29 Å². The van der Waals surface area contributed by atoms with Gasteiger partial charge in [-0.25, -0.2) is 0 Å². The van der Waals surface area contributed by atoms with Gasteiger partial charge < -0.3 is 9.29 Å². The van der Waals surface area contributed by atoms with E-state index >= 15 is 0 Å². The number of nitrogens with one attached hydrogen (secondary N) is 1. The number of ether oxygens (including phenoxy) is 1. The fraction of sp³-hybridized carbons (Fsp3) is 0.571. The van der Waals surface area contributed by atoms with Crippen molar-refractivity contribution in [1.82, 2.24) is 4.72 Å². The molecule has 2 atom stereocenters. The van der Waals surface area contributed by atoms with Crippen molar-refractivity contribution >= 4 is 23.1 Å². The Morgan fingerprint density at radius 3 is 2.47 bits per heavy atom. The Labute approximate surface area is 123 Å². The zero-order valence-electron chi connectivity index (χ0n) is 12.4. The second kappa shape index (κ2) is 6.88. The molecule has 19 heavy (non-hydrogen) atoms. The highest BCUT2D eigenvalue weighted by molar-refractivity contribution is 7.98. The number of thioether (sulfide) groups is 1. The predicted octanol–water partition coefficient (Wildman–Crippen LogP) is 3.53. The number of methoxy groups -OCH3 is 1. The third kappa shape index (κ3) is 4.60. The van der Waals surface area contributed by atoms with Crippen molar-refractivity contribution in [2.45, 2.75) is 43.4 Å². The average molecular weight is 301 g/mol. The first-order valence-electron chi connectivity index (χ1n) is 6.19. The van der Waals surface area contributed by atoms with Crippen LogP contribution in [0.4, 0.5) is 0 Å². The Bertz CT molecular complexity index is 418. The quantitative estimate of drug-likeness (QED) is 0.667. The van der Waals surface area contributed by atoms with E-state index in [2.05, 4.69) is 4.72 Å². The molecule has 0 aliphatic heterocycles. The number of hydrogen-bond donors (Lipinski definition) is 1. The summed E-state index contributed by atoms with van der Waals surface area (Å²) in [4.78, 5) is 1.11. The van der Waals surface area contributed by atoms with Gasteiger partial charge in [0.25, 0.3) is 0 Å². The van der Waals surface area contributed by atoms with Crippen molar-refractivity contribution in [2.75, 3.05) is 13.4 Å². The normalized spacial score (nSPS) is 15.1. The standard InChI is InChI=1S/C14H23NO2S2/c1-10(15-19(16)14(2,3)4)11-7-8-13(18-6)12(9-11)17-5/h7-10,15H,1-6H3/t10?,19-/m0/s1. The van der Waals surface area contributed by atoms with Crippen molar-refractivity contribution in [3.8, 4) is 5.75 Å². The Hall–Kier alpha value is -0.360. The third-order valence-corrected chi connectivity index (χ3v) is 5.20. The fourth-order valence-electron chi connectivity index (χ4n) is 1.53. The summed E-state index contributed by atoms with van der Waals surface area (Å²) in [7, 11) is 1.67. The summed E-state index contributed by atoms with van der Waals surface area (Å²) in [6, 6.07) is 6.11. The van der Waals surface area contributed by atoms with Crippen LogP contribution in [0.5, 0.6) is 5.75 Å². The summed E-state index contributed by atoms with van der Waals surface area (Å²) in [6.45, 7) is 7.89. The summed E-state index contributed by atoms with van der Waals surface area (Å²) in [5, 5.41) is 0. The van der Waals surface area contributed by atoms with Gasteiger partial charge >= 0.3 is 0 Å². The van der Waals surface area contributed by atoms with E-state index in [-0.39, 0.29) is 10.8 Å². The van der Waals surface area contributed by atoms with Gasteiger partial charge in [0, 0.05) is 16.3 Å². The van der Waals surface area contributed by atoms with E-state index in [4.69, 9.17) is 4.74 Å². The van der Waals surface area contributed by atoms with Gasteiger partial charge in [-0.15, -0.1) is 16.5 Å². The predicted molar refractivity (Wildman–Crippen MR) is 84.2 cm³/mol. The molecule has 1 aromatic rings. The lowest BCUT2D eigenvalue weighted by molar-refractivity contribution is 0.403. The number of hydrogen-bond acceptors (Lipinski definition) is 4. The van der Waals surface area contributed by atoms with Crippen molar-refractivity contribution in [2.24, 2.45) is 0 Å². The van der Waals surface area contributed by atoms with E-state index in [1.54, 1.807) is 18.9 Å². The van der Waals surface area contributed by atoms with E-state index in [9.17, 15) is 4.55 Å². The molecule has 0 saturated heterocycles. The molecule has 0 saturated carbocycles. The highest BCUT2D eigenvalue weighted by atomic mass is 32.2. The minimum absolute atomic E-state index is 0.0184. The minimum Gasteiger partial charge on any atom is -0.598 e. The van der Waals surface area contributed by atoms with Gasteiger partial charge in [0.15, 0.2) is 0 Å². The van der Waals surface area contributed by atoms with Crippen LogP contribution in [0, 0.1) is 0 Å². The van der Waals surface area contributed by atoms with E-state index in [1.807, 2.05) is 52.1 Å². The lowest BCUT2D eigenvalue weighted by atomic mass is 10.1. The van der Waals surface area contributed by atoms with Gasteiger partial charge in [0.2, 0.25) is 0 Å². The van der Waals surface area contributed by atoms with Crippen molar-refractivity contribution in [1.29, 1.82) is 0 Å². The molecular weight excluding hydrogens is 278 g/mol. The van der Waals surface area contributed by atoms with Crippen molar-refractivity contribution in [3.63, 3.8) is 0 Å². The topological polar surface area (TPSA) is 44.3 Å². The molecule has 0 radical (unpaired) electrons. The lowest BCUT2D eigenvalue weighted by Gasteiger charge is -2.26. The van der Waals surface area contributed by atoms with Gasteiger partial charge in [-0.3, -0.25) is 0 Å². The van der Waals surface area contributed by atoms with Crippen LogP contribution in [0.25, 0.3) is 0 Å². The molecule has 0 spiro atoms. The van der Waals surface area contributed by atoms with Crippen LogP contribution >= 0.6 is 11.8 Å². The summed E-state index contributed by atoms with van der Waals surface area (Å²) < 4.78 is 20.3. The average Bonchev–Trinajstić information content (AvgIpc) is 2.36. The Kier molecular flexibility index (Phi) is 6.05. The summed E-state index contributed by atoms with van der Waals surface area (Å²) in [6.07, 6.45) is 2.02. The maximum absolute atomic E-state index is 12.1. The molecule has 108 valence electrons. The van der Waals surface area contributed by atoms with Crippen LogP contribution in [-0.2, 0) is 11.4 Å². The van der Waals surface area contributed by atoms with E-state index in [0.29, 0.717) is 0 Å². The lowest BCUT2D eigenvalue weighted by Crippen LogP contribution is -2.40. The minimum atomic E-state index is -1.08. The molecule has 0 aliphatic rings. The molecule has 0 amide bonds. The SMILES string of the molecule is COc1cc(C(C)N[S@@+]([O-])C(C)(C)C)ccc1SC. The first kappa shape index (κ1) is 16.7. The Morgan fingerprint density at radius 1 is 1.37 bits per heavy atom. The van der Waals surface area contributed by atoms with Gasteiger partial charge in [-0.2, -0.15) is 0 Å². The molecule has 0 heterocycles. The van der Waals surface area contributed by atoms with Crippen LogP contribution in [0.1, 0.15) is 39.3 Å². The highest BCUT2D eigenvalue weighted by Crippen LogP contribution is 2.30. The molecule has 1 aromatic carbocycles. The summed E-state index contributed by atoms with van der Waals surface area (Å²) in [5.74, 6) is 0.861. The smallest absolute Gasteiger partial charge is 0.136 e. The van der Waals surface area contributed by atoms with E-state index in [0.717, 1.165) is 16.2 Å². The van der Waals surface area contributed by atoms with Crippen LogP contribution in [0.15, 0.2) is 23.1 Å². The molecule has 5 heteroatoms. The van der Waals surface area contributed by atoms with Crippen molar-refractivity contribution in [3.05, 3.63) is 23.8 Å². The van der Waals surface area contributed by atoms with Gasteiger partial charge in [0.1, 0.15) is 10.5 Å². The monoisotopic (exact) mass is 301 g/mol. The molecule has 1 unspecified atom stereocenters. The molecular formula is C14H23NO2S2. The Balaban J connectivity index is 2.85. The second-order valence-electron chi connectivity index (χ2n) is 5.34. The number of benzene rings is 1. The molecule has 0 aromatic heterocycles. The molecule has 0 bridgehead atoms. The Morgan fingerprint density at radius 2 is 2.00 bits per heavy atom. The third-order valence-electron chi connectivity index (χ3n) is 2.75. The van der Waals surface area contributed by atoms with Crippen LogP contribution < -0.4 is 9.46 Å². The largest absolute Gasteiger partial charge is 0.598 e. The zero-order valence-corrected chi connectivity index (χ0v) is 14.1. The van der Waals surface area contributed by atoms with E-state index in [1.165, 1.54) is 0 Å². The maximum atomic E-state index is 12.1. The zero-order chi connectivity index (χ0) is 14.6. The first-order valence-corrected chi connectivity index (χ1v) is 8.57. The van der Waals surface area contributed by atoms with Gasteiger partial charge in [0.05, 0.1) is 13.2 Å².